The van der Waals surface area contributed by atoms with Crippen LogP contribution in [0.2, 0.25) is 0 Å². The molecule has 5 rings (SSSR count). The fourth-order valence-corrected chi connectivity index (χ4v) is 5.90. The lowest BCUT2D eigenvalue weighted by Crippen LogP contribution is -2.40. The maximum absolute atomic E-state index is 13.2. The molecule has 3 aromatic rings. The van der Waals surface area contributed by atoms with E-state index in [0.717, 1.165) is 38.9 Å². The van der Waals surface area contributed by atoms with E-state index < -0.39 is 0 Å². The van der Waals surface area contributed by atoms with Gasteiger partial charge in [0.2, 0.25) is 0 Å². The molecule has 0 spiro atoms. The molecular formula is C23H24N2OS. The van der Waals surface area contributed by atoms with Gasteiger partial charge in [0.25, 0.3) is 5.91 Å². The summed E-state index contributed by atoms with van der Waals surface area (Å²) in [6.45, 7) is 2.19. The van der Waals surface area contributed by atoms with Gasteiger partial charge in [0.1, 0.15) is 0 Å². The summed E-state index contributed by atoms with van der Waals surface area (Å²) in [7, 11) is 0. The van der Waals surface area contributed by atoms with Crippen molar-refractivity contribution in [3.8, 4) is 10.6 Å². The van der Waals surface area contributed by atoms with Crippen LogP contribution in [0.15, 0.2) is 47.8 Å². The Bertz CT molecular complexity index is 981. The Hall–Kier alpha value is -2.20. The first kappa shape index (κ1) is 16.9. The van der Waals surface area contributed by atoms with E-state index in [2.05, 4.69) is 18.3 Å². The lowest BCUT2D eigenvalue weighted by molar-refractivity contribution is 0.0917. The summed E-state index contributed by atoms with van der Waals surface area (Å²) >= 11 is 1.65. The monoisotopic (exact) mass is 376 g/mol. The van der Waals surface area contributed by atoms with E-state index in [9.17, 15) is 4.79 Å². The number of carbonyl (C=O) groups excluding carboxylic acids is 1. The van der Waals surface area contributed by atoms with Crippen molar-refractivity contribution >= 4 is 28.1 Å². The predicted octanol–water partition coefficient (Wildman–Crippen LogP) is 5.52. The third-order valence-electron chi connectivity index (χ3n) is 6.53. The number of amides is 1. The number of nitrogens with one attached hydrogen (secondary N) is 1. The van der Waals surface area contributed by atoms with E-state index in [-0.39, 0.29) is 11.9 Å². The molecule has 2 aliphatic rings. The molecule has 2 heterocycles. The van der Waals surface area contributed by atoms with Gasteiger partial charge in [-0.3, -0.25) is 4.79 Å². The number of benzene rings is 1. The van der Waals surface area contributed by atoms with Gasteiger partial charge in [0.15, 0.2) is 0 Å². The lowest BCUT2D eigenvalue weighted by Gasteiger charge is -2.28. The Morgan fingerprint density at radius 2 is 2.07 bits per heavy atom. The van der Waals surface area contributed by atoms with E-state index >= 15 is 0 Å². The Labute approximate surface area is 163 Å². The number of rotatable bonds is 4. The van der Waals surface area contributed by atoms with Gasteiger partial charge in [-0.15, -0.1) is 11.3 Å². The quantitative estimate of drug-likeness (QED) is 0.651. The number of thiophene rings is 1. The van der Waals surface area contributed by atoms with Crippen LogP contribution < -0.4 is 5.32 Å². The summed E-state index contributed by atoms with van der Waals surface area (Å²) in [4.78, 5) is 19.1. The van der Waals surface area contributed by atoms with Crippen LogP contribution in [0.25, 0.3) is 21.5 Å². The Morgan fingerprint density at radius 3 is 2.81 bits per heavy atom. The van der Waals surface area contributed by atoms with Crippen molar-refractivity contribution in [1.29, 1.82) is 0 Å². The smallest absolute Gasteiger partial charge is 0.252 e. The maximum Gasteiger partial charge on any atom is 0.252 e. The first-order valence-electron chi connectivity index (χ1n) is 9.93. The highest BCUT2D eigenvalue weighted by atomic mass is 32.1. The van der Waals surface area contributed by atoms with Crippen molar-refractivity contribution < 1.29 is 4.79 Å². The minimum atomic E-state index is 0.0293. The van der Waals surface area contributed by atoms with Crippen LogP contribution in [0.3, 0.4) is 0 Å². The third-order valence-corrected chi connectivity index (χ3v) is 7.42. The van der Waals surface area contributed by atoms with Crippen LogP contribution >= 0.6 is 11.3 Å². The van der Waals surface area contributed by atoms with Crippen LogP contribution in [-0.4, -0.2) is 16.9 Å². The molecule has 0 aliphatic heterocycles. The molecule has 3 nitrogen and oxygen atoms in total. The molecule has 27 heavy (non-hydrogen) atoms. The first-order valence-corrected chi connectivity index (χ1v) is 10.8. The topological polar surface area (TPSA) is 42.0 Å². The number of aromatic nitrogens is 1. The summed E-state index contributed by atoms with van der Waals surface area (Å²) in [6, 6.07) is 14.2. The summed E-state index contributed by atoms with van der Waals surface area (Å²) in [5, 5.41) is 6.30. The minimum absolute atomic E-state index is 0.0293. The average Bonchev–Trinajstić information content (AvgIpc) is 3.44. The molecule has 2 fully saturated rings. The van der Waals surface area contributed by atoms with Gasteiger partial charge in [-0.25, -0.2) is 4.98 Å². The van der Waals surface area contributed by atoms with E-state index in [1.54, 1.807) is 11.3 Å². The van der Waals surface area contributed by atoms with Gasteiger partial charge >= 0.3 is 0 Å². The standard InChI is InChI=1S/C23H24N2OS/c1-14(18-12-15-8-9-16(18)11-15)24-23(26)19-13-21(22-7-4-10-27-22)25-20-6-3-2-5-17(19)20/h2-7,10,13-16,18H,8-9,11-12H2,1H3,(H,24,26)/t14-,15-,16-,18+/m0/s1. The second-order valence-electron chi connectivity index (χ2n) is 8.15. The van der Waals surface area contributed by atoms with Crippen molar-refractivity contribution in [2.75, 3.05) is 0 Å². The van der Waals surface area contributed by atoms with Crippen molar-refractivity contribution in [3.63, 3.8) is 0 Å². The van der Waals surface area contributed by atoms with Gasteiger partial charge < -0.3 is 5.32 Å². The van der Waals surface area contributed by atoms with Crippen molar-refractivity contribution in [2.24, 2.45) is 17.8 Å². The molecule has 1 N–H and O–H groups in total. The minimum Gasteiger partial charge on any atom is -0.349 e. The SMILES string of the molecule is C[C@H](NC(=O)c1cc(-c2cccs2)nc2ccccc12)[C@H]1C[C@H]2CC[C@H]1C2. The molecule has 1 amide bonds. The normalized spacial score (nSPS) is 25.0. The number of pyridine rings is 1. The third kappa shape index (κ3) is 3.06. The lowest BCUT2D eigenvalue weighted by atomic mass is 9.84. The summed E-state index contributed by atoms with van der Waals surface area (Å²) in [6.07, 6.45) is 5.38. The van der Waals surface area contributed by atoms with Crippen LogP contribution in [0.5, 0.6) is 0 Å². The van der Waals surface area contributed by atoms with Crippen LogP contribution in [0.4, 0.5) is 0 Å². The second-order valence-corrected chi connectivity index (χ2v) is 9.10. The van der Waals surface area contributed by atoms with Crippen molar-refractivity contribution in [2.45, 2.75) is 38.6 Å². The van der Waals surface area contributed by atoms with Gasteiger partial charge in [-0.05, 0) is 67.5 Å². The summed E-state index contributed by atoms with van der Waals surface area (Å²) in [5.74, 6) is 2.37. The van der Waals surface area contributed by atoms with E-state index in [1.165, 1.54) is 25.7 Å². The molecule has 2 aromatic heterocycles. The number of fused-ring (bicyclic) bond motifs is 3. The summed E-state index contributed by atoms with van der Waals surface area (Å²) in [5.41, 5.74) is 2.49. The van der Waals surface area contributed by atoms with E-state index in [0.29, 0.717) is 5.92 Å². The number of hydrogen-bond acceptors (Lipinski definition) is 3. The van der Waals surface area contributed by atoms with Gasteiger partial charge in [0.05, 0.1) is 21.7 Å². The zero-order chi connectivity index (χ0) is 18.4. The maximum atomic E-state index is 13.2. The van der Waals surface area contributed by atoms with Crippen molar-refractivity contribution in [3.05, 3.63) is 53.4 Å². The zero-order valence-corrected chi connectivity index (χ0v) is 16.3. The highest BCUT2D eigenvalue weighted by Crippen LogP contribution is 2.49. The number of para-hydroxylation sites is 1. The highest BCUT2D eigenvalue weighted by Gasteiger charge is 2.42. The van der Waals surface area contributed by atoms with Gasteiger partial charge in [-0.1, -0.05) is 30.7 Å². The van der Waals surface area contributed by atoms with Crippen LogP contribution in [0, 0.1) is 17.8 Å². The molecule has 138 valence electrons. The summed E-state index contributed by atoms with van der Waals surface area (Å²) < 4.78 is 0. The molecule has 0 unspecified atom stereocenters. The molecule has 4 heteroatoms. The van der Waals surface area contributed by atoms with Crippen LogP contribution in [0.1, 0.15) is 43.0 Å². The Kier molecular flexibility index (Phi) is 4.24. The molecule has 1 aromatic carbocycles. The second kappa shape index (κ2) is 6.75. The first-order chi connectivity index (χ1) is 13.2. The largest absolute Gasteiger partial charge is 0.349 e. The Morgan fingerprint density at radius 1 is 1.19 bits per heavy atom. The molecule has 2 saturated carbocycles. The van der Waals surface area contributed by atoms with Gasteiger partial charge in [-0.2, -0.15) is 0 Å². The highest BCUT2D eigenvalue weighted by molar-refractivity contribution is 7.13. The molecule has 2 bridgehead atoms. The fourth-order valence-electron chi connectivity index (χ4n) is 5.21. The number of carbonyl (C=O) groups is 1. The molecule has 0 radical (unpaired) electrons. The average molecular weight is 377 g/mol. The van der Waals surface area contributed by atoms with E-state index in [1.807, 2.05) is 41.8 Å². The number of nitrogens with zero attached hydrogens (tertiary/aromatic N) is 1. The van der Waals surface area contributed by atoms with Crippen molar-refractivity contribution in [1.82, 2.24) is 10.3 Å². The molecule has 0 saturated heterocycles. The van der Waals surface area contributed by atoms with Gasteiger partial charge in [0, 0.05) is 11.4 Å². The predicted molar refractivity (Wildman–Crippen MR) is 111 cm³/mol. The molecule has 2 aliphatic carbocycles. The van der Waals surface area contributed by atoms with E-state index in [4.69, 9.17) is 4.98 Å². The molecular weight excluding hydrogens is 352 g/mol. The molecule has 4 atom stereocenters. The zero-order valence-electron chi connectivity index (χ0n) is 15.5. The van der Waals surface area contributed by atoms with Crippen LogP contribution in [-0.2, 0) is 0 Å². The fraction of sp³-hybridized carbons (Fsp3) is 0.391. The number of hydrogen-bond donors (Lipinski definition) is 1. The Balaban J connectivity index is 1.47.